The Morgan fingerprint density at radius 1 is 1.40 bits per heavy atom. The smallest absolute Gasteiger partial charge is 0.256 e. The summed E-state index contributed by atoms with van der Waals surface area (Å²) in [6, 6.07) is 7.40. The van der Waals surface area contributed by atoms with Crippen molar-refractivity contribution in [1.29, 1.82) is 0 Å². The zero-order chi connectivity index (χ0) is 17.4. The Bertz CT molecular complexity index is 972. The molecule has 7 heteroatoms. The average molecular weight is 355 g/mol. The van der Waals surface area contributed by atoms with Gasteiger partial charge in [-0.2, -0.15) is 0 Å². The lowest BCUT2D eigenvalue weighted by molar-refractivity contribution is 0.102. The van der Waals surface area contributed by atoms with E-state index in [1.807, 2.05) is 12.1 Å². The van der Waals surface area contributed by atoms with Gasteiger partial charge in [0.1, 0.15) is 0 Å². The molecule has 0 unspecified atom stereocenters. The molecule has 25 heavy (non-hydrogen) atoms. The molecule has 0 saturated carbocycles. The zero-order valence-electron chi connectivity index (χ0n) is 13.7. The first-order chi connectivity index (χ1) is 12.1. The van der Waals surface area contributed by atoms with Gasteiger partial charge >= 0.3 is 0 Å². The summed E-state index contributed by atoms with van der Waals surface area (Å²) < 4.78 is 5.32. The molecule has 0 amide bonds. The number of fused-ring (bicyclic) bond motifs is 1. The number of Topliss-reactive ketones (excluding diaryl/α,β-unsaturated/α-hetero) is 1. The van der Waals surface area contributed by atoms with Crippen LogP contribution in [0.3, 0.4) is 0 Å². The molecule has 0 fully saturated rings. The number of H-pyrrole nitrogens is 1. The van der Waals surface area contributed by atoms with Crippen LogP contribution in [0, 0.1) is 0 Å². The lowest BCUT2D eigenvalue weighted by atomic mass is 10.1. The van der Waals surface area contributed by atoms with Crippen LogP contribution in [-0.4, -0.2) is 27.2 Å². The van der Waals surface area contributed by atoms with Gasteiger partial charge in [-0.15, -0.1) is 11.3 Å². The summed E-state index contributed by atoms with van der Waals surface area (Å²) in [6.07, 6.45) is 2.28. The third-order valence-electron chi connectivity index (χ3n) is 4.29. The molecule has 0 radical (unpaired) electrons. The molecule has 0 atom stereocenters. The fourth-order valence-electron chi connectivity index (χ4n) is 3.02. The van der Waals surface area contributed by atoms with Crippen molar-refractivity contribution in [2.24, 2.45) is 0 Å². The highest BCUT2D eigenvalue weighted by Crippen LogP contribution is 2.23. The third-order valence-corrected chi connectivity index (χ3v) is 5.46. The van der Waals surface area contributed by atoms with Crippen LogP contribution in [0.1, 0.15) is 32.7 Å². The van der Waals surface area contributed by atoms with Crippen LogP contribution < -0.4 is 5.56 Å². The summed E-state index contributed by atoms with van der Waals surface area (Å²) in [6.45, 7) is 3.70. The van der Waals surface area contributed by atoms with E-state index in [9.17, 15) is 9.59 Å². The van der Waals surface area contributed by atoms with Gasteiger partial charge in [0, 0.05) is 30.9 Å². The highest BCUT2D eigenvalue weighted by Gasteiger charge is 2.22. The Hall–Kier alpha value is -2.51. The van der Waals surface area contributed by atoms with E-state index >= 15 is 0 Å². The lowest BCUT2D eigenvalue weighted by Gasteiger charge is -2.27. The molecule has 1 N–H and O–H groups in total. The second kappa shape index (κ2) is 6.42. The highest BCUT2D eigenvalue weighted by molar-refractivity contribution is 7.14. The SMILES string of the molecule is CC(=O)c1ccc(CN2CCc3nc(-c4ccco4)[nH]c(=O)c3C2)s1. The topological polar surface area (TPSA) is 79.2 Å². The lowest BCUT2D eigenvalue weighted by Crippen LogP contribution is -2.35. The second-order valence-corrected chi connectivity index (χ2v) is 7.27. The largest absolute Gasteiger partial charge is 0.461 e. The Morgan fingerprint density at radius 2 is 2.28 bits per heavy atom. The molecule has 4 rings (SSSR count). The van der Waals surface area contributed by atoms with Gasteiger partial charge in [0.05, 0.1) is 22.4 Å². The van der Waals surface area contributed by atoms with E-state index in [2.05, 4.69) is 14.9 Å². The predicted molar refractivity (Wildman–Crippen MR) is 94.7 cm³/mol. The molecule has 0 saturated heterocycles. The van der Waals surface area contributed by atoms with Crippen molar-refractivity contribution in [3.05, 3.63) is 61.9 Å². The van der Waals surface area contributed by atoms with E-state index in [-0.39, 0.29) is 11.3 Å². The molecular formula is C18H17N3O3S. The number of aromatic nitrogens is 2. The maximum absolute atomic E-state index is 12.5. The van der Waals surface area contributed by atoms with Crippen molar-refractivity contribution in [3.63, 3.8) is 0 Å². The summed E-state index contributed by atoms with van der Waals surface area (Å²) in [7, 11) is 0. The number of carbonyl (C=O) groups is 1. The number of aromatic amines is 1. The fourth-order valence-corrected chi connectivity index (χ4v) is 3.96. The molecule has 3 aromatic rings. The van der Waals surface area contributed by atoms with Crippen molar-refractivity contribution in [3.8, 4) is 11.6 Å². The van der Waals surface area contributed by atoms with Gasteiger partial charge < -0.3 is 9.40 Å². The first-order valence-corrected chi connectivity index (χ1v) is 8.90. The molecule has 0 aliphatic carbocycles. The van der Waals surface area contributed by atoms with E-state index < -0.39 is 0 Å². The van der Waals surface area contributed by atoms with Crippen LogP contribution in [-0.2, 0) is 19.5 Å². The summed E-state index contributed by atoms with van der Waals surface area (Å²) in [5.74, 6) is 1.13. The van der Waals surface area contributed by atoms with Crippen LogP contribution in [0.15, 0.2) is 39.7 Å². The summed E-state index contributed by atoms with van der Waals surface area (Å²) in [5, 5.41) is 0. The first kappa shape index (κ1) is 16.0. The van der Waals surface area contributed by atoms with E-state index in [0.717, 1.165) is 35.0 Å². The van der Waals surface area contributed by atoms with Gasteiger partial charge in [-0.25, -0.2) is 4.98 Å². The molecular weight excluding hydrogens is 338 g/mol. The zero-order valence-corrected chi connectivity index (χ0v) is 14.6. The maximum atomic E-state index is 12.5. The number of thiophene rings is 1. The van der Waals surface area contributed by atoms with Crippen molar-refractivity contribution < 1.29 is 9.21 Å². The maximum Gasteiger partial charge on any atom is 0.256 e. The Morgan fingerprint density at radius 3 is 3.00 bits per heavy atom. The number of ketones is 1. The van der Waals surface area contributed by atoms with Crippen molar-refractivity contribution in [1.82, 2.24) is 14.9 Å². The Balaban J connectivity index is 1.55. The average Bonchev–Trinajstić information content (AvgIpc) is 3.27. The molecule has 128 valence electrons. The van der Waals surface area contributed by atoms with Crippen LogP contribution in [0.2, 0.25) is 0 Å². The standard InChI is InChI=1S/C18H17N3O3S/c1-11(22)16-5-4-12(25-16)9-21-7-6-14-13(10-21)18(23)20-17(19-14)15-3-2-8-24-15/h2-5,8H,6-7,9-10H2,1H3,(H,19,20,23). The van der Waals surface area contributed by atoms with Gasteiger partial charge in [0.2, 0.25) is 0 Å². The Labute approximate surface area is 148 Å². The fraction of sp³-hybridized carbons (Fsp3) is 0.278. The molecule has 0 bridgehead atoms. The van der Waals surface area contributed by atoms with E-state index in [1.54, 1.807) is 25.3 Å². The molecule has 6 nitrogen and oxygen atoms in total. The van der Waals surface area contributed by atoms with Gasteiger partial charge in [-0.1, -0.05) is 0 Å². The summed E-state index contributed by atoms with van der Waals surface area (Å²) >= 11 is 1.52. The van der Waals surface area contributed by atoms with Gasteiger partial charge in [0.15, 0.2) is 17.4 Å². The molecule has 3 aromatic heterocycles. The van der Waals surface area contributed by atoms with E-state index in [4.69, 9.17) is 4.42 Å². The molecule has 1 aliphatic rings. The first-order valence-electron chi connectivity index (χ1n) is 8.08. The van der Waals surface area contributed by atoms with Crippen molar-refractivity contribution >= 4 is 17.1 Å². The molecule has 1 aliphatic heterocycles. The van der Waals surface area contributed by atoms with Crippen molar-refractivity contribution in [2.75, 3.05) is 6.54 Å². The minimum atomic E-state index is -0.114. The minimum Gasteiger partial charge on any atom is -0.461 e. The Kier molecular flexibility index (Phi) is 4.10. The number of hydrogen-bond acceptors (Lipinski definition) is 6. The van der Waals surface area contributed by atoms with Gasteiger partial charge in [-0.05, 0) is 31.2 Å². The minimum absolute atomic E-state index is 0.0892. The number of carbonyl (C=O) groups excluding carboxylic acids is 1. The highest BCUT2D eigenvalue weighted by atomic mass is 32.1. The number of nitrogens with zero attached hydrogens (tertiary/aromatic N) is 2. The van der Waals surface area contributed by atoms with Crippen LogP contribution in [0.25, 0.3) is 11.6 Å². The number of furan rings is 1. The quantitative estimate of drug-likeness (QED) is 0.728. The third kappa shape index (κ3) is 3.20. The van der Waals surface area contributed by atoms with Crippen LogP contribution in [0.5, 0.6) is 0 Å². The van der Waals surface area contributed by atoms with Crippen molar-refractivity contribution in [2.45, 2.75) is 26.4 Å². The van der Waals surface area contributed by atoms with Crippen LogP contribution in [0.4, 0.5) is 0 Å². The second-order valence-electron chi connectivity index (χ2n) is 6.10. The normalized spacial score (nSPS) is 14.4. The van der Waals surface area contributed by atoms with E-state index in [0.29, 0.717) is 23.7 Å². The number of rotatable bonds is 4. The monoisotopic (exact) mass is 355 g/mol. The molecule has 0 aromatic carbocycles. The molecule has 0 spiro atoms. The predicted octanol–water partition coefficient (Wildman–Crippen LogP) is 2.85. The molecule has 4 heterocycles. The van der Waals surface area contributed by atoms with Crippen LogP contribution >= 0.6 is 11.3 Å². The van der Waals surface area contributed by atoms with E-state index in [1.165, 1.54) is 11.3 Å². The number of hydrogen-bond donors (Lipinski definition) is 1. The summed E-state index contributed by atoms with van der Waals surface area (Å²) in [4.78, 5) is 35.4. The number of nitrogens with one attached hydrogen (secondary N) is 1. The van der Waals surface area contributed by atoms with Gasteiger partial charge in [-0.3, -0.25) is 14.5 Å². The van der Waals surface area contributed by atoms with Gasteiger partial charge in [0.25, 0.3) is 5.56 Å². The summed E-state index contributed by atoms with van der Waals surface area (Å²) in [5.41, 5.74) is 1.43.